The molecular weight excluding hydrogens is 281 g/mol. The van der Waals surface area contributed by atoms with Gasteiger partial charge in [-0.05, 0) is 23.6 Å². The summed E-state index contributed by atoms with van der Waals surface area (Å²) in [6, 6.07) is 13.3. The number of hydrogen-bond donors (Lipinski definition) is 1. The van der Waals surface area contributed by atoms with E-state index in [1.54, 1.807) is 19.2 Å². The highest BCUT2D eigenvalue weighted by Gasteiger charge is 2.14. The first-order valence-electron chi connectivity index (χ1n) is 5.94. The van der Waals surface area contributed by atoms with Crippen LogP contribution in [0.15, 0.2) is 42.5 Å². The van der Waals surface area contributed by atoms with Crippen molar-refractivity contribution in [2.75, 3.05) is 7.11 Å². The van der Waals surface area contributed by atoms with Crippen LogP contribution in [0.25, 0.3) is 0 Å². The van der Waals surface area contributed by atoms with Crippen molar-refractivity contribution in [3.8, 4) is 5.75 Å². The molecular formula is C15H15Cl2NO. The summed E-state index contributed by atoms with van der Waals surface area (Å²) in [4.78, 5) is 0. The standard InChI is InChI=1S/C15H15Cl2NO/c1-19-15-9-12(16)11(8-13(15)17)14(18)7-10-5-3-2-4-6-10/h2-6,8-9,14H,7,18H2,1H3. The number of rotatable bonds is 4. The Morgan fingerprint density at radius 2 is 1.79 bits per heavy atom. The summed E-state index contributed by atoms with van der Waals surface area (Å²) >= 11 is 12.3. The van der Waals surface area contributed by atoms with Crippen LogP contribution in [0, 0.1) is 0 Å². The van der Waals surface area contributed by atoms with Crippen LogP contribution < -0.4 is 10.5 Å². The molecule has 0 saturated heterocycles. The van der Waals surface area contributed by atoms with Crippen LogP contribution >= 0.6 is 23.2 Å². The van der Waals surface area contributed by atoms with Gasteiger partial charge in [-0.15, -0.1) is 0 Å². The zero-order valence-electron chi connectivity index (χ0n) is 10.6. The van der Waals surface area contributed by atoms with Crippen LogP contribution in [0.1, 0.15) is 17.2 Å². The summed E-state index contributed by atoms with van der Waals surface area (Å²) < 4.78 is 5.12. The number of halogens is 2. The van der Waals surface area contributed by atoms with Crippen LogP contribution in [0.2, 0.25) is 10.0 Å². The van der Waals surface area contributed by atoms with Gasteiger partial charge in [0, 0.05) is 17.1 Å². The molecule has 0 aliphatic heterocycles. The van der Waals surface area contributed by atoms with Gasteiger partial charge >= 0.3 is 0 Å². The summed E-state index contributed by atoms with van der Waals surface area (Å²) in [7, 11) is 1.56. The number of benzene rings is 2. The zero-order valence-corrected chi connectivity index (χ0v) is 12.1. The monoisotopic (exact) mass is 295 g/mol. The highest BCUT2D eigenvalue weighted by molar-refractivity contribution is 6.34. The lowest BCUT2D eigenvalue weighted by atomic mass is 9.99. The average molecular weight is 296 g/mol. The van der Waals surface area contributed by atoms with Crippen molar-refractivity contribution in [2.45, 2.75) is 12.5 Å². The van der Waals surface area contributed by atoms with E-state index in [1.807, 2.05) is 30.3 Å². The summed E-state index contributed by atoms with van der Waals surface area (Å²) in [5, 5.41) is 1.09. The van der Waals surface area contributed by atoms with Crippen LogP contribution in [0.3, 0.4) is 0 Å². The number of ether oxygens (including phenoxy) is 1. The minimum Gasteiger partial charge on any atom is -0.495 e. The van der Waals surface area contributed by atoms with Crippen molar-refractivity contribution < 1.29 is 4.74 Å². The maximum absolute atomic E-state index is 6.22. The van der Waals surface area contributed by atoms with Gasteiger partial charge in [0.25, 0.3) is 0 Å². The molecule has 0 heterocycles. The molecule has 0 aromatic heterocycles. The Hall–Kier alpha value is -1.22. The molecule has 0 fully saturated rings. The van der Waals surface area contributed by atoms with Crippen LogP contribution in [-0.4, -0.2) is 7.11 Å². The van der Waals surface area contributed by atoms with E-state index < -0.39 is 0 Å². The van der Waals surface area contributed by atoms with Crippen molar-refractivity contribution >= 4 is 23.2 Å². The molecule has 0 bridgehead atoms. The Balaban J connectivity index is 2.24. The van der Waals surface area contributed by atoms with Crippen LogP contribution in [-0.2, 0) is 6.42 Å². The Morgan fingerprint density at radius 1 is 1.11 bits per heavy atom. The first kappa shape index (κ1) is 14.2. The third-order valence-corrected chi connectivity index (χ3v) is 3.59. The molecule has 2 nitrogen and oxygen atoms in total. The van der Waals surface area contributed by atoms with Crippen molar-refractivity contribution in [1.82, 2.24) is 0 Å². The van der Waals surface area contributed by atoms with E-state index in [9.17, 15) is 0 Å². The van der Waals surface area contributed by atoms with Crippen molar-refractivity contribution in [1.29, 1.82) is 0 Å². The Kier molecular flexibility index (Phi) is 4.70. The van der Waals surface area contributed by atoms with E-state index in [4.69, 9.17) is 33.7 Å². The lowest BCUT2D eigenvalue weighted by Crippen LogP contribution is -2.14. The van der Waals surface area contributed by atoms with E-state index in [-0.39, 0.29) is 6.04 Å². The van der Waals surface area contributed by atoms with Crippen LogP contribution in [0.4, 0.5) is 0 Å². The molecule has 0 spiro atoms. The van der Waals surface area contributed by atoms with Gasteiger partial charge in [-0.25, -0.2) is 0 Å². The predicted octanol–water partition coefficient (Wildman–Crippen LogP) is 4.24. The molecule has 2 aromatic carbocycles. The number of methoxy groups -OCH3 is 1. The van der Waals surface area contributed by atoms with Crippen molar-refractivity contribution in [3.05, 3.63) is 63.6 Å². The maximum atomic E-state index is 6.22. The molecule has 4 heteroatoms. The van der Waals surface area contributed by atoms with E-state index >= 15 is 0 Å². The molecule has 100 valence electrons. The van der Waals surface area contributed by atoms with Gasteiger partial charge < -0.3 is 10.5 Å². The fraction of sp³-hybridized carbons (Fsp3) is 0.200. The predicted molar refractivity (Wildman–Crippen MR) is 80.1 cm³/mol. The number of nitrogens with two attached hydrogens (primary N) is 1. The fourth-order valence-corrected chi connectivity index (χ4v) is 2.51. The smallest absolute Gasteiger partial charge is 0.138 e. The van der Waals surface area contributed by atoms with E-state index in [1.165, 1.54) is 0 Å². The Bertz CT molecular complexity index is 558. The van der Waals surface area contributed by atoms with Crippen molar-refractivity contribution in [3.63, 3.8) is 0 Å². The molecule has 0 aliphatic rings. The van der Waals surface area contributed by atoms with Gasteiger partial charge in [0.2, 0.25) is 0 Å². The summed E-state index contributed by atoms with van der Waals surface area (Å²) in [5.41, 5.74) is 8.20. The van der Waals surface area contributed by atoms with Gasteiger partial charge in [-0.2, -0.15) is 0 Å². The third kappa shape index (κ3) is 3.41. The maximum Gasteiger partial charge on any atom is 0.138 e. The molecule has 1 unspecified atom stereocenters. The minimum atomic E-state index is -0.196. The molecule has 0 radical (unpaired) electrons. The topological polar surface area (TPSA) is 35.2 Å². The second-order valence-electron chi connectivity index (χ2n) is 4.30. The summed E-state index contributed by atoms with van der Waals surface area (Å²) in [6.07, 6.45) is 0.712. The van der Waals surface area contributed by atoms with Gasteiger partial charge in [0.05, 0.1) is 12.1 Å². The molecule has 2 N–H and O–H groups in total. The van der Waals surface area contributed by atoms with Gasteiger partial charge in [-0.1, -0.05) is 53.5 Å². The Morgan fingerprint density at radius 3 is 2.42 bits per heavy atom. The first-order chi connectivity index (χ1) is 9.11. The molecule has 0 aliphatic carbocycles. The third-order valence-electron chi connectivity index (χ3n) is 2.97. The molecule has 1 atom stereocenters. The van der Waals surface area contributed by atoms with Gasteiger partial charge in [-0.3, -0.25) is 0 Å². The molecule has 0 amide bonds. The van der Waals surface area contributed by atoms with Crippen LogP contribution in [0.5, 0.6) is 5.75 Å². The Labute approximate surface area is 123 Å². The minimum absolute atomic E-state index is 0.196. The first-order valence-corrected chi connectivity index (χ1v) is 6.70. The van der Waals surface area contributed by atoms with E-state index in [2.05, 4.69) is 0 Å². The number of hydrogen-bond acceptors (Lipinski definition) is 2. The van der Waals surface area contributed by atoms with E-state index in [0.29, 0.717) is 22.2 Å². The lowest BCUT2D eigenvalue weighted by Gasteiger charge is -2.15. The van der Waals surface area contributed by atoms with Crippen molar-refractivity contribution in [2.24, 2.45) is 5.73 Å². The highest BCUT2D eigenvalue weighted by atomic mass is 35.5. The quantitative estimate of drug-likeness (QED) is 0.915. The zero-order chi connectivity index (χ0) is 13.8. The van der Waals surface area contributed by atoms with Gasteiger partial charge in [0.15, 0.2) is 0 Å². The second kappa shape index (κ2) is 6.29. The van der Waals surface area contributed by atoms with Gasteiger partial charge in [0.1, 0.15) is 5.75 Å². The molecule has 19 heavy (non-hydrogen) atoms. The SMILES string of the molecule is COc1cc(Cl)c(C(N)Cc2ccccc2)cc1Cl. The molecule has 2 rings (SSSR count). The summed E-state index contributed by atoms with van der Waals surface area (Å²) in [6.45, 7) is 0. The average Bonchev–Trinajstić information content (AvgIpc) is 2.42. The fourth-order valence-electron chi connectivity index (χ4n) is 1.96. The van der Waals surface area contributed by atoms with E-state index in [0.717, 1.165) is 11.1 Å². The highest BCUT2D eigenvalue weighted by Crippen LogP contribution is 2.34. The molecule has 0 saturated carbocycles. The molecule has 2 aromatic rings. The lowest BCUT2D eigenvalue weighted by molar-refractivity contribution is 0.415. The largest absolute Gasteiger partial charge is 0.495 e. The second-order valence-corrected chi connectivity index (χ2v) is 5.12. The normalized spacial score (nSPS) is 12.2. The summed E-state index contributed by atoms with van der Waals surface area (Å²) in [5.74, 6) is 0.558.